The van der Waals surface area contributed by atoms with Crippen molar-refractivity contribution in [2.45, 2.75) is 71.1 Å². The molecule has 0 amide bonds. The summed E-state index contributed by atoms with van der Waals surface area (Å²) >= 11 is 0. The molecule has 0 saturated carbocycles. The predicted octanol–water partition coefficient (Wildman–Crippen LogP) is 6.03. The third-order valence-electron chi connectivity index (χ3n) is 3.46. The summed E-state index contributed by atoms with van der Waals surface area (Å²) in [5.74, 6) is -0.420. The summed E-state index contributed by atoms with van der Waals surface area (Å²) in [4.78, 5) is 14.7. The van der Waals surface area contributed by atoms with Crippen molar-refractivity contribution in [1.82, 2.24) is 0 Å². The quantitative estimate of drug-likeness (QED) is 0.0956. The van der Waals surface area contributed by atoms with E-state index in [1.165, 1.54) is 25.7 Å². The van der Waals surface area contributed by atoms with Crippen LogP contribution in [0.1, 0.15) is 71.1 Å². The van der Waals surface area contributed by atoms with Crippen molar-refractivity contribution in [2.24, 2.45) is 0 Å². The molecule has 0 radical (unpaired) electrons. The first-order valence-corrected chi connectivity index (χ1v) is 8.89. The van der Waals surface area contributed by atoms with Gasteiger partial charge in [0.1, 0.15) is 5.76 Å². The van der Waals surface area contributed by atoms with Crippen molar-refractivity contribution >= 4 is 5.97 Å². The standard InChI is InChI=1S/C20H32O4/c1-2-3-4-5-6-7-8-9-10-11-12-13-14-16-19(24-23)17-15-18-20(21)22/h7-10,12-13,16,23H,2-6,11,14-15,17-18H2,1H3,(H,21,22)/b8-7+,10-9+,13-12+,19-16-. The Hall–Kier alpha value is -1.81. The Labute approximate surface area is 146 Å². The SMILES string of the molecule is CCCCCC/C=C/C=C/C/C=C/C/C=C(/CCCC(=O)O)OO. The molecule has 0 aliphatic heterocycles. The van der Waals surface area contributed by atoms with Crippen LogP contribution < -0.4 is 0 Å². The Morgan fingerprint density at radius 3 is 2.38 bits per heavy atom. The summed E-state index contributed by atoms with van der Waals surface area (Å²) < 4.78 is 0. The molecule has 0 spiro atoms. The largest absolute Gasteiger partial charge is 0.481 e. The van der Waals surface area contributed by atoms with Crippen LogP contribution in [-0.2, 0) is 9.68 Å². The molecule has 0 fully saturated rings. The lowest BCUT2D eigenvalue weighted by Gasteiger charge is -2.01. The van der Waals surface area contributed by atoms with Crippen LogP contribution in [0.15, 0.2) is 48.3 Å². The Bertz CT molecular complexity index is 419. The van der Waals surface area contributed by atoms with Gasteiger partial charge in [-0.15, -0.1) is 0 Å². The molecule has 0 rings (SSSR count). The summed E-state index contributed by atoms with van der Waals surface area (Å²) in [5, 5.41) is 17.3. The molecule has 0 aromatic carbocycles. The van der Waals surface area contributed by atoms with Gasteiger partial charge in [-0.2, -0.15) is 0 Å². The van der Waals surface area contributed by atoms with Gasteiger partial charge in [0.2, 0.25) is 0 Å². The average molecular weight is 336 g/mol. The summed E-state index contributed by atoms with van der Waals surface area (Å²) in [7, 11) is 0. The number of allylic oxidation sites excluding steroid dienone is 8. The third-order valence-corrected chi connectivity index (χ3v) is 3.46. The molecule has 0 heterocycles. The van der Waals surface area contributed by atoms with E-state index in [2.05, 4.69) is 36.1 Å². The normalized spacial score (nSPS) is 12.7. The van der Waals surface area contributed by atoms with E-state index in [0.29, 0.717) is 25.0 Å². The highest BCUT2D eigenvalue weighted by Crippen LogP contribution is 2.09. The number of hydrogen-bond acceptors (Lipinski definition) is 3. The minimum absolute atomic E-state index is 0.0768. The molecular formula is C20H32O4. The maximum Gasteiger partial charge on any atom is 0.303 e. The molecule has 0 unspecified atom stereocenters. The number of carboxylic acid groups (broad SMARTS) is 1. The van der Waals surface area contributed by atoms with Crippen LogP contribution in [0.4, 0.5) is 0 Å². The van der Waals surface area contributed by atoms with Gasteiger partial charge in [0.25, 0.3) is 0 Å². The molecular weight excluding hydrogens is 304 g/mol. The van der Waals surface area contributed by atoms with Crippen LogP contribution in [0.2, 0.25) is 0 Å². The Balaban J connectivity index is 3.74. The molecule has 0 aromatic rings. The first-order chi connectivity index (χ1) is 11.7. The van der Waals surface area contributed by atoms with Gasteiger partial charge in [-0.3, -0.25) is 4.79 Å². The van der Waals surface area contributed by atoms with Crippen LogP contribution in [0, 0.1) is 0 Å². The number of rotatable bonds is 15. The van der Waals surface area contributed by atoms with Gasteiger partial charge in [0, 0.05) is 12.8 Å². The second kappa shape index (κ2) is 17.5. The first-order valence-electron chi connectivity index (χ1n) is 8.89. The Morgan fingerprint density at radius 1 is 0.917 bits per heavy atom. The molecule has 0 aliphatic rings. The van der Waals surface area contributed by atoms with Crippen LogP contribution in [0.25, 0.3) is 0 Å². The summed E-state index contributed by atoms with van der Waals surface area (Å²) in [6.07, 6.45) is 23.1. The number of hydrogen-bond donors (Lipinski definition) is 2. The molecule has 0 saturated heterocycles. The predicted molar refractivity (Wildman–Crippen MR) is 98.7 cm³/mol. The number of carboxylic acids is 1. The monoisotopic (exact) mass is 336 g/mol. The topological polar surface area (TPSA) is 66.8 Å². The first kappa shape index (κ1) is 22.2. The van der Waals surface area contributed by atoms with Gasteiger partial charge in [-0.1, -0.05) is 62.6 Å². The van der Waals surface area contributed by atoms with E-state index in [1.807, 2.05) is 12.2 Å². The number of unbranched alkanes of at least 4 members (excludes halogenated alkanes) is 4. The average Bonchev–Trinajstić information content (AvgIpc) is 2.57. The molecule has 2 N–H and O–H groups in total. The summed E-state index contributed by atoms with van der Waals surface area (Å²) in [6.45, 7) is 2.22. The molecule has 0 atom stereocenters. The second-order valence-corrected chi connectivity index (χ2v) is 5.66. The van der Waals surface area contributed by atoms with E-state index >= 15 is 0 Å². The van der Waals surface area contributed by atoms with E-state index in [9.17, 15) is 4.79 Å². The third kappa shape index (κ3) is 16.6. The van der Waals surface area contributed by atoms with Crippen molar-refractivity contribution < 1.29 is 20.0 Å². The lowest BCUT2D eigenvalue weighted by molar-refractivity contribution is -0.206. The molecule has 0 aliphatic carbocycles. The van der Waals surface area contributed by atoms with Gasteiger partial charge in [0.15, 0.2) is 0 Å². The summed E-state index contributed by atoms with van der Waals surface area (Å²) in [5.41, 5.74) is 0. The lowest BCUT2D eigenvalue weighted by Crippen LogP contribution is -1.95. The lowest BCUT2D eigenvalue weighted by atomic mass is 10.1. The molecule has 0 aromatic heterocycles. The molecule has 136 valence electrons. The van der Waals surface area contributed by atoms with Crippen LogP contribution in [0.5, 0.6) is 0 Å². The van der Waals surface area contributed by atoms with Crippen molar-refractivity contribution in [3.63, 3.8) is 0 Å². The Morgan fingerprint density at radius 2 is 1.67 bits per heavy atom. The molecule has 24 heavy (non-hydrogen) atoms. The second-order valence-electron chi connectivity index (χ2n) is 5.66. The van der Waals surface area contributed by atoms with Gasteiger partial charge >= 0.3 is 5.97 Å². The van der Waals surface area contributed by atoms with E-state index in [0.717, 1.165) is 12.8 Å². The highest BCUT2D eigenvalue weighted by atomic mass is 17.1. The van der Waals surface area contributed by atoms with E-state index in [1.54, 1.807) is 6.08 Å². The highest BCUT2D eigenvalue weighted by molar-refractivity contribution is 5.66. The Kier molecular flexibility index (Phi) is 16.2. The van der Waals surface area contributed by atoms with Gasteiger partial charge in [-0.25, -0.2) is 5.26 Å². The fourth-order valence-corrected chi connectivity index (χ4v) is 2.09. The van der Waals surface area contributed by atoms with Crippen LogP contribution >= 0.6 is 0 Å². The van der Waals surface area contributed by atoms with Crippen LogP contribution in [-0.4, -0.2) is 16.3 Å². The fraction of sp³-hybridized carbons (Fsp3) is 0.550. The zero-order chi connectivity index (χ0) is 17.9. The van der Waals surface area contributed by atoms with Crippen molar-refractivity contribution in [3.8, 4) is 0 Å². The van der Waals surface area contributed by atoms with Gasteiger partial charge in [0.05, 0.1) is 0 Å². The zero-order valence-corrected chi connectivity index (χ0v) is 14.8. The maximum absolute atomic E-state index is 10.4. The minimum Gasteiger partial charge on any atom is -0.481 e. The van der Waals surface area contributed by atoms with Crippen molar-refractivity contribution in [3.05, 3.63) is 48.3 Å². The molecule has 0 bridgehead atoms. The van der Waals surface area contributed by atoms with E-state index < -0.39 is 5.97 Å². The number of carbonyl (C=O) groups is 1. The van der Waals surface area contributed by atoms with E-state index in [4.69, 9.17) is 10.4 Å². The summed E-state index contributed by atoms with van der Waals surface area (Å²) in [6, 6.07) is 0. The minimum atomic E-state index is -0.839. The highest BCUT2D eigenvalue weighted by Gasteiger charge is 2.01. The van der Waals surface area contributed by atoms with Gasteiger partial charge < -0.3 is 9.99 Å². The van der Waals surface area contributed by atoms with Crippen molar-refractivity contribution in [2.75, 3.05) is 0 Å². The van der Waals surface area contributed by atoms with E-state index in [-0.39, 0.29) is 6.42 Å². The zero-order valence-electron chi connectivity index (χ0n) is 14.8. The number of aliphatic carboxylic acids is 1. The van der Waals surface area contributed by atoms with Crippen LogP contribution in [0.3, 0.4) is 0 Å². The van der Waals surface area contributed by atoms with Gasteiger partial charge in [-0.05, 0) is 38.2 Å². The van der Waals surface area contributed by atoms with Crippen molar-refractivity contribution in [1.29, 1.82) is 0 Å². The molecule has 4 heteroatoms. The maximum atomic E-state index is 10.4. The molecule has 4 nitrogen and oxygen atoms in total. The smallest absolute Gasteiger partial charge is 0.303 e. The fourth-order valence-electron chi connectivity index (χ4n) is 2.09.